The highest BCUT2D eigenvalue weighted by atomic mass is 35.5. The van der Waals surface area contributed by atoms with Gasteiger partial charge in [-0.1, -0.05) is 43.7 Å². The van der Waals surface area contributed by atoms with Crippen LogP contribution in [0.4, 0.5) is 10.5 Å². The lowest BCUT2D eigenvalue weighted by molar-refractivity contribution is -0.116. The van der Waals surface area contributed by atoms with Crippen LogP contribution in [0.25, 0.3) is 0 Å². The number of ether oxygens (including phenoxy) is 2. The van der Waals surface area contributed by atoms with Crippen LogP contribution < -0.4 is 19.7 Å². The van der Waals surface area contributed by atoms with Crippen LogP contribution in [0.5, 0.6) is 5.75 Å². The second kappa shape index (κ2) is 13.8. The predicted octanol–water partition coefficient (Wildman–Crippen LogP) is 6.59. The summed E-state index contributed by atoms with van der Waals surface area (Å²) in [6, 6.07) is 10.8. The summed E-state index contributed by atoms with van der Waals surface area (Å²) in [5, 5.41) is 3.52. The average Bonchev–Trinajstić information content (AvgIpc) is 3.83. The van der Waals surface area contributed by atoms with Crippen molar-refractivity contribution in [2.45, 2.75) is 64.1 Å². The van der Waals surface area contributed by atoms with Crippen LogP contribution in [0.15, 0.2) is 52.9 Å². The lowest BCUT2D eigenvalue weighted by atomic mass is 9.61. The van der Waals surface area contributed by atoms with E-state index in [1.54, 1.807) is 37.1 Å². The number of thioether (sulfide) groups is 1. The van der Waals surface area contributed by atoms with Crippen molar-refractivity contribution < 1.29 is 23.3 Å². The van der Waals surface area contributed by atoms with Crippen LogP contribution in [0.3, 0.4) is 0 Å². The lowest BCUT2D eigenvalue weighted by Crippen LogP contribution is -2.56. The molecular formula is C34H43ClN4O5S2. The first-order valence-corrected chi connectivity index (χ1v) is 19.3. The van der Waals surface area contributed by atoms with E-state index in [-0.39, 0.29) is 29.2 Å². The molecule has 2 N–H and O–H groups in total. The molecule has 3 amide bonds. The van der Waals surface area contributed by atoms with Gasteiger partial charge >= 0.3 is 6.03 Å². The number of nitrogens with zero attached hydrogens (tertiary/aromatic N) is 2. The highest BCUT2D eigenvalue weighted by Gasteiger charge is 2.50. The van der Waals surface area contributed by atoms with Crippen LogP contribution in [0.2, 0.25) is 5.02 Å². The topological polar surface area (TPSA) is 109 Å². The average molecular weight is 687 g/mol. The summed E-state index contributed by atoms with van der Waals surface area (Å²) in [6.07, 6.45) is 8.31. The van der Waals surface area contributed by atoms with E-state index in [4.69, 9.17) is 21.1 Å². The lowest BCUT2D eigenvalue weighted by Gasteiger charge is -2.53. The Morgan fingerprint density at radius 2 is 2.02 bits per heavy atom. The fourth-order valence-electron chi connectivity index (χ4n) is 6.70. The molecule has 0 aromatic heterocycles. The normalized spacial score (nSPS) is 30.7. The molecular weight excluding hydrogens is 644 g/mol. The molecule has 46 heavy (non-hydrogen) atoms. The number of hydrogen-bond donors (Lipinski definition) is 2. The summed E-state index contributed by atoms with van der Waals surface area (Å²) in [5.74, 6) is 1.86. The first-order chi connectivity index (χ1) is 22.1. The van der Waals surface area contributed by atoms with Gasteiger partial charge in [0, 0.05) is 42.6 Å². The number of nitrogens with one attached hydrogen (secondary N) is 2. The first-order valence-electron chi connectivity index (χ1n) is 16.0. The molecule has 0 spiro atoms. The minimum absolute atomic E-state index is 0.0378. The van der Waals surface area contributed by atoms with Crippen LogP contribution in [-0.4, -0.2) is 58.9 Å². The van der Waals surface area contributed by atoms with Crippen molar-refractivity contribution in [1.29, 1.82) is 0 Å². The summed E-state index contributed by atoms with van der Waals surface area (Å²) in [7, 11) is -1.67. The van der Waals surface area contributed by atoms with Crippen molar-refractivity contribution >= 4 is 50.9 Å². The predicted molar refractivity (Wildman–Crippen MR) is 185 cm³/mol. The molecule has 2 saturated carbocycles. The smallest absolute Gasteiger partial charge is 0.327 e. The second-order valence-electron chi connectivity index (χ2n) is 13.1. The number of anilines is 1. The summed E-state index contributed by atoms with van der Waals surface area (Å²) < 4.78 is 33.4. The monoisotopic (exact) mass is 686 g/mol. The highest BCUT2D eigenvalue weighted by molar-refractivity contribution is 7.99. The van der Waals surface area contributed by atoms with E-state index < -0.39 is 27.5 Å². The third kappa shape index (κ3) is 7.53. The Morgan fingerprint density at radius 3 is 2.78 bits per heavy atom. The van der Waals surface area contributed by atoms with Crippen LogP contribution in [0, 0.1) is 17.8 Å². The van der Waals surface area contributed by atoms with Crippen molar-refractivity contribution in [3.05, 3.63) is 70.3 Å². The summed E-state index contributed by atoms with van der Waals surface area (Å²) in [5.41, 5.74) is 3.02. The molecule has 3 heterocycles. The standard InChI is InChI=1S/C34H43ClN4O5S2/c1-22-5-4-13-34(43-3)17-27(23(34)2)19-39-18-26-6-8-28(35)15-24(26)12-14-45-21-44-31-11-7-25(16-30(31)39)32(40)37-46(42,20-22)38-33(41)36-29-9-10-29/h4,6-8,11,13,15-16,22-23,27,29H,5,9-10,12,14,17-21H2,1-3H3,(H2,36,37,38,40,41,42)/b13-4+/t22-,23+,27-,34-,46?/m0/s1. The third-order valence-corrected chi connectivity index (χ3v) is 12.6. The van der Waals surface area contributed by atoms with Gasteiger partial charge in [0.25, 0.3) is 5.91 Å². The molecule has 2 fully saturated rings. The first kappa shape index (κ1) is 33.2. The van der Waals surface area contributed by atoms with E-state index >= 15 is 0 Å². The Labute approximate surface area is 281 Å². The van der Waals surface area contributed by atoms with E-state index in [2.05, 4.69) is 44.4 Å². The maximum absolute atomic E-state index is 14.2. The number of rotatable bonds is 3. The molecule has 2 aromatic rings. The Morgan fingerprint density at radius 1 is 1.20 bits per heavy atom. The fraction of sp³-hybridized carbons (Fsp3) is 0.529. The molecule has 0 radical (unpaired) electrons. The van der Waals surface area contributed by atoms with Gasteiger partial charge in [-0.3, -0.25) is 9.52 Å². The third-order valence-electron chi connectivity index (χ3n) is 9.63. The number of hydrogen-bond acceptors (Lipinski definition) is 7. The number of amides is 3. The zero-order chi connectivity index (χ0) is 32.5. The Hall–Kier alpha value is -2.73. The number of carbonyl (C=O) groups excluding carboxylic acids is 2. The molecule has 4 bridgehead atoms. The molecule has 0 saturated heterocycles. The summed E-state index contributed by atoms with van der Waals surface area (Å²) in [6.45, 7) is 5.50. The van der Waals surface area contributed by atoms with Crippen LogP contribution >= 0.6 is 23.4 Å². The zero-order valence-electron chi connectivity index (χ0n) is 26.6. The van der Waals surface area contributed by atoms with Crippen LogP contribution in [-0.2, 0) is 27.6 Å². The van der Waals surface area contributed by atoms with Crippen molar-refractivity contribution in [3.8, 4) is 5.75 Å². The minimum atomic E-state index is -3.44. The van der Waals surface area contributed by atoms with Gasteiger partial charge in [-0.05, 0) is 91.3 Å². The number of benzene rings is 2. The number of halogens is 1. The molecule has 7 rings (SSSR count). The van der Waals surface area contributed by atoms with Gasteiger partial charge in [0.1, 0.15) is 21.6 Å². The molecule has 3 aliphatic heterocycles. The maximum atomic E-state index is 14.2. The van der Waals surface area contributed by atoms with Crippen molar-refractivity contribution in [1.82, 2.24) is 10.0 Å². The number of urea groups is 1. The number of fused-ring (bicyclic) bond motifs is 6. The fourth-order valence-corrected chi connectivity index (χ4v) is 9.42. The molecule has 9 nitrogen and oxygen atoms in total. The van der Waals surface area contributed by atoms with Gasteiger partial charge < -0.3 is 19.7 Å². The van der Waals surface area contributed by atoms with Gasteiger partial charge in [-0.25, -0.2) is 9.00 Å². The van der Waals surface area contributed by atoms with Gasteiger partial charge in [0.15, 0.2) is 0 Å². The van der Waals surface area contributed by atoms with E-state index in [1.807, 2.05) is 19.1 Å². The molecule has 5 atom stereocenters. The Bertz CT molecular complexity index is 1640. The molecule has 12 heteroatoms. The Kier molecular flexibility index (Phi) is 9.94. The summed E-state index contributed by atoms with van der Waals surface area (Å²) >= 11 is 8.13. The molecule has 2 aliphatic carbocycles. The SMILES string of the molecule is CO[C@@]12/C=C/C[C@H](C)CS(=O)(NC(=O)NC3CC3)=NC(=O)c3ccc4c(c3)N(Cc3ccc(Cl)cc3CCSCO4)C[C@H](C1)[C@H]2C. The van der Waals surface area contributed by atoms with Gasteiger partial charge in [-0.15, -0.1) is 16.1 Å². The molecule has 248 valence electrons. The molecule has 2 aromatic carbocycles. The number of carbonyl (C=O) groups is 2. The van der Waals surface area contributed by atoms with Crippen molar-refractivity contribution in [2.24, 2.45) is 22.1 Å². The summed E-state index contributed by atoms with van der Waals surface area (Å²) in [4.78, 5) is 28.8. The van der Waals surface area contributed by atoms with Crippen LogP contribution in [0.1, 0.15) is 61.0 Å². The molecule has 5 aliphatic rings. The van der Waals surface area contributed by atoms with E-state index in [0.717, 1.165) is 43.7 Å². The van der Waals surface area contributed by atoms with Gasteiger partial charge in [0.2, 0.25) is 0 Å². The van der Waals surface area contributed by atoms with Crippen molar-refractivity contribution in [2.75, 3.05) is 36.0 Å². The van der Waals surface area contributed by atoms with Gasteiger partial charge in [-0.2, -0.15) is 0 Å². The van der Waals surface area contributed by atoms with E-state index in [0.29, 0.717) is 35.6 Å². The quantitative estimate of drug-likeness (QED) is 0.351. The number of aryl methyl sites for hydroxylation is 1. The van der Waals surface area contributed by atoms with E-state index in [1.165, 1.54) is 11.1 Å². The largest absolute Gasteiger partial charge is 0.481 e. The minimum Gasteiger partial charge on any atom is -0.481 e. The Balaban J connectivity index is 1.44. The maximum Gasteiger partial charge on any atom is 0.327 e. The second-order valence-corrected chi connectivity index (χ2v) is 16.6. The van der Waals surface area contributed by atoms with Crippen molar-refractivity contribution in [3.63, 3.8) is 0 Å². The number of methoxy groups -OCH3 is 1. The zero-order valence-corrected chi connectivity index (χ0v) is 29.0. The van der Waals surface area contributed by atoms with Gasteiger partial charge in [0.05, 0.1) is 17.0 Å². The number of allylic oxidation sites excluding steroid dienone is 1. The highest BCUT2D eigenvalue weighted by Crippen LogP contribution is 2.49. The molecule has 1 unspecified atom stereocenters. The van der Waals surface area contributed by atoms with E-state index in [9.17, 15) is 13.8 Å².